The normalized spacial score (nSPS) is 11.8. The van der Waals surface area contributed by atoms with Gasteiger partial charge in [0, 0.05) is 5.39 Å². The fourth-order valence-electron chi connectivity index (χ4n) is 2.75. The van der Waals surface area contributed by atoms with Gasteiger partial charge in [-0.1, -0.05) is 47.7 Å². The van der Waals surface area contributed by atoms with E-state index in [0.29, 0.717) is 29.0 Å². The van der Waals surface area contributed by atoms with E-state index in [-0.39, 0.29) is 11.5 Å². The number of aliphatic imine (C=N–C) groups is 1. The second-order valence-corrected chi connectivity index (χ2v) is 5.91. The molecule has 8 nitrogen and oxygen atoms in total. The van der Waals surface area contributed by atoms with Crippen LogP contribution in [0.1, 0.15) is 11.3 Å². The minimum absolute atomic E-state index is 0.0718. The molecule has 2 aromatic carbocycles. The third-order valence-electron chi connectivity index (χ3n) is 4.06. The molecule has 0 saturated carbocycles. The van der Waals surface area contributed by atoms with Gasteiger partial charge in [0.1, 0.15) is 5.58 Å². The highest BCUT2D eigenvalue weighted by molar-refractivity contribution is 6.03. The third-order valence-corrected chi connectivity index (χ3v) is 4.06. The van der Waals surface area contributed by atoms with Crippen molar-refractivity contribution in [1.82, 2.24) is 15.0 Å². The van der Waals surface area contributed by atoms with Crippen molar-refractivity contribution in [2.75, 3.05) is 5.73 Å². The van der Waals surface area contributed by atoms with Crippen molar-refractivity contribution in [2.45, 2.75) is 6.54 Å². The molecule has 4 rings (SSSR count). The van der Waals surface area contributed by atoms with Crippen LogP contribution in [0.3, 0.4) is 0 Å². The molecule has 0 radical (unpaired) electrons. The van der Waals surface area contributed by atoms with Crippen LogP contribution in [0.15, 0.2) is 74.9 Å². The molecule has 0 aliphatic rings. The van der Waals surface area contributed by atoms with Gasteiger partial charge in [0.15, 0.2) is 17.3 Å². The summed E-state index contributed by atoms with van der Waals surface area (Å²) in [5, 5.41) is 8.76. The number of benzene rings is 2. The number of anilines is 1. The van der Waals surface area contributed by atoms with E-state index in [1.165, 1.54) is 6.07 Å². The van der Waals surface area contributed by atoms with Crippen LogP contribution < -0.4 is 17.1 Å². The summed E-state index contributed by atoms with van der Waals surface area (Å²) in [7, 11) is 0. The van der Waals surface area contributed by atoms with Crippen LogP contribution in [-0.4, -0.2) is 20.8 Å². The van der Waals surface area contributed by atoms with Gasteiger partial charge in [-0.2, -0.15) is 0 Å². The first kappa shape index (κ1) is 16.5. The highest BCUT2D eigenvalue weighted by Gasteiger charge is 2.14. The summed E-state index contributed by atoms with van der Waals surface area (Å²) in [6, 6.07) is 18.1. The molecule has 4 aromatic rings. The second-order valence-electron chi connectivity index (χ2n) is 5.91. The summed E-state index contributed by atoms with van der Waals surface area (Å²) in [5.41, 5.74) is 13.8. The molecular formula is C19H16N6O2. The molecule has 0 aliphatic heterocycles. The van der Waals surface area contributed by atoms with Gasteiger partial charge >= 0.3 is 5.63 Å². The first-order valence-electron chi connectivity index (χ1n) is 8.22. The molecule has 8 heteroatoms. The highest BCUT2D eigenvalue weighted by Crippen LogP contribution is 2.24. The van der Waals surface area contributed by atoms with Gasteiger partial charge in [-0.15, -0.1) is 5.10 Å². The van der Waals surface area contributed by atoms with Crippen molar-refractivity contribution in [1.29, 1.82) is 0 Å². The first-order valence-corrected chi connectivity index (χ1v) is 8.22. The lowest BCUT2D eigenvalue weighted by Crippen LogP contribution is -2.16. The Morgan fingerprint density at radius 2 is 1.85 bits per heavy atom. The van der Waals surface area contributed by atoms with E-state index in [0.717, 1.165) is 5.56 Å². The summed E-state index contributed by atoms with van der Waals surface area (Å²) in [6.07, 6.45) is 0. The number of nitrogens with zero attached hydrogens (tertiary/aromatic N) is 4. The molecule has 4 N–H and O–H groups in total. The van der Waals surface area contributed by atoms with E-state index in [1.807, 2.05) is 36.4 Å². The van der Waals surface area contributed by atoms with Crippen LogP contribution in [0.4, 0.5) is 11.5 Å². The molecule has 0 unspecified atom stereocenters. The number of aromatic nitrogens is 3. The summed E-state index contributed by atoms with van der Waals surface area (Å²) >= 11 is 0. The van der Waals surface area contributed by atoms with Gasteiger partial charge in [-0.25, -0.2) is 14.5 Å². The van der Waals surface area contributed by atoms with Crippen molar-refractivity contribution >= 4 is 28.3 Å². The number of amidine groups is 1. The van der Waals surface area contributed by atoms with Crippen LogP contribution in [0.5, 0.6) is 0 Å². The van der Waals surface area contributed by atoms with Gasteiger partial charge in [-0.3, -0.25) is 0 Å². The summed E-state index contributed by atoms with van der Waals surface area (Å²) in [6.45, 7) is 0.463. The molecule has 0 spiro atoms. The Bertz CT molecular complexity index is 1190. The molecule has 0 saturated heterocycles. The predicted octanol–water partition coefficient (Wildman–Crippen LogP) is 2.05. The van der Waals surface area contributed by atoms with Crippen LogP contribution in [-0.2, 0) is 6.54 Å². The van der Waals surface area contributed by atoms with Crippen molar-refractivity contribution in [2.24, 2.45) is 10.7 Å². The Morgan fingerprint density at radius 1 is 1.11 bits per heavy atom. The Kier molecular flexibility index (Phi) is 4.13. The van der Waals surface area contributed by atoms with E-state index < -0.39 is 5.63 Å². The van der Waals surface area contributed by atoms with Gasteiger partial charge in [0.2, 0.25) is 0 Å². The Balaban J connectivity index is 1.72. The number of fused-ring (bicyclic) bond motifs is 1. The summed E-state index contributed by atoms with van der Waals surface area (Å²) in [4.78, 5) is 16.1. The fourth-order valence-corrected chi connectivity index (χ4v) is 2.75. The molecule has 0 bridgehead atoms. The van der Waals surface area contributed by atoms with Gasteiger partial charge in [0.25, 0.3) is 0 Å². The van der Waals surface area contributed by atoms with Crippen molar-refractivity contribution < 1.29 is 4.42 Å². The number of nitrogen functional groups attached to an aromatic ring is 1. The maximum Gasteiger partial charge on any atom is 0.338 e. The predicted molar refractivity (Wildman–Crippen MR) is 103 cm³/mol. The van der Waals surface area contributed by atoms with Crippen LogP contribution >= 0.6 is 0 Å². The van der Waals surface area contributed by atoms with E-state index in [9.17, 15) is 4.79 Å². The molecule has 2 aromatic heterocycles. The zero-order chi connectivity index (χ0) is 18.8. The second kappa shape index (κ2) is 6.75. The molecule has 134 valence electrons. The quantitative estimate of drug-likeness (QED) is 0.326. The number of hydrogen-bond donors (Lipinski definition) is 2. The van der Waals surface area contributed by atoms with Gasteiger partial charge in [-0.05, 0) is 17.7 Å². The van der Waals surface area contributed by atoms with Crippen LogP contribution in [0.2, 0.25) is 0 Å². The SMILES string of the molecule is NC(=Nc1cc(=O)oc2ccccc12)c1nnn(Cc2ccccc2)c1N. The van der Waals surface area contributed by atoms with Crippen LogP contribution in [0, 0.1) is 0 Å². The average Bonchev–Trinajstić information content (AvgIpc) is 3.03. The van der Waals surface area contributed by atoms with Crippen molar-refractivity contribution in [3.05, 3.63) is 82.3 Å². The fraction of sp³-hybridized carbons (Fsp3) is 0.0526. The zero-order valence-electron chi connectivity index (χ0n) is 14.2. The Labute approximate surface area is 153 Å². The molecular weight excluding hydrogens is 344 g/mol. The van der Waals surface area contributed by atoms with Crippen molar-refractivity contribution in [3.63, 3.8) is 0 Å². The molecule has 2 heterocycles. The number of nitrogens with two attached hydrogens (primary N) is 2. The standard InChI is InChI=1S/C19H16N6O2/c20-18(22-14-10-16(26)27-15-9-5-4-8-13(14)15)17-19(21)25(24-23-17)11-12-6-2-1-3-7-12/h1-10H,11,21H2,(H2,20,22). The zero-order valence-corrected chi connectivity index (χ0v) is 14.2. The smallest absolute Gasteiger partial charge is 0.338 e. The van der Waals surface area contributed by atoms with Crippen molar-refractivity contribution in [3.8, 4) is 0 Å². The van der Waals surface area contributed by atoms with E-state index in [2.05, 4.69) is 15.3 Å². The number of rotatable bonds is 4. The van der Waals surface area contributed by atoms with E-state index in [1.54, 1.807) is 22.9 Å². The Hall–Kier alpha value is -3.94. The van der Waals surface area contributed by atoms with E-state index >= 15 is 0 Å². The molecule has 0 atom stereocenters. The monoisotopic (exact) mass is 360 g/mol. The maximum absolute atomic E-state index is 11.8. The first-order chi connectivity index (χ1) is 13.1. The molecule has 0 amide bonds. The summed E-state index contributed by atoms with van der Waals surface area (Å²) < 4.78 is 6.71. The van der Waals surface area contributed by atoms with Gasteiger partial charge < -0.3 is 15.9 Å². The molecule has 0 aliphatic carbocycles. The number of para-hydroxylation sites is 1. The number of hydrogen-bond acceptors (Lipinski definition) is 6. The Morgan fingerprint density at radius 3 is 2.67 bits per heavy atom. The minimum Gasteiger partial charge on any atom is -0.423 e. The lowest BCUT2D eigenvalue weighted by atomic mass is 10.2. The average molecular weight is 360 g/mol. The van der Waals surface area contributed by atoms with Crippen LogP contribution in [0.25, 0.3) is 11.0 Å². The lowest BCUT2D eigenvalue weighted by Gasteiger charge is -2.04. The molecule has 0 fully saturated rings. The molecule has 27 heavy (non-hydrogen) atoms. The lowest BCUT2D eigenvalue weighted by molar-refractivity contribution is 0.561. The maximum atomic E-state index is 11.8. The highest BCUT2D eigenvalue weighted by atomic mass is 16.4. The summed E-state index contributed by atoms with van der Waals surface area (Å²) in [5.74, 6) is 0.370. The largest absolute Gasteiger partial charge is 0.423 e. The van der Waals surface area contributed by atoms with E-state index in [4.69, 9.17) is 15.9 Å². The minimum atomic E-state index is -0.513. The third kappa shape index (κ3) is 3.28. The van der Waals surface area contributed by atoms with Gasteiger partial charge in [0.05, 0.1) is 18.3 Å². The topological polar surface area (TPSA) is 125 Å².